The van der Waals surface area contributed by atoms with E-state index in [1.54, 1.807) is 0 Å². The van der Waals surface area contributed by atoms with E-state index in [9.17, 15) is 4.79 Å². The van der Waals surface area contributed by atoms with Crippen molar-refractivity contribution in [1.82, 2.24) is 0 Å². The lowest BCUT2D eigenvalue weighted by molar-refractivity contribution is -0.139. The van der Waals surface area contributed by atoms with Crippen molar-refractivity contribution in [3.8, 4) is 5.75 Å². The molecule has 4 heteroatoms. The molecule has 0 spiro atoms. The van der Waals surface area contributed by atoms with Gasteiger partial charge < -0.3 is 14.8 Å². The molecular weight excluding hydrogens is 302 g/mol. The molecule has 0 fully saturated rings. The molecule has 0 aliphatic heterocycles. The molecule has 1 aromatic carbocycles. The summed E-state index contributed by atoms with van der Waals surface area (Å²) >= 11 is 0. The maximum Gasteiger partial charge on any atom is 0.256 e. The van der Waals surface area contributed by atoms with Gasteiger partial charge >= 0.3 is 0 Å². The van der Waals surface area contributed by atoms with Crippen molar-refractivity contribution >= 4 is 11.6 Å². The third kappa shape index (κ3) is 6.52. The number of unbranched alkanes of at least 4 members (excludes halogenated alkanes) is 2. The Bertz CT molecular complexity index is 486. The molecule has 1 aromatic rings. The first kappa shape index (κ1) is 20.5. The predicted molar refractivity (Wildman–Crippen MR) is 99.6 cm³/mol. The highest BCUT2D eigenvalue weighted by atomic mass is 16.5. The van der Waals surface area contributed by atoms with Gasteiger partial charge in [-0.1, -0.05) is 33.1 Å². The Hall–Kier alpha value is -1.55. The predicted octanol–water partition coefficient (Wildman–Crippen LogP) is 5.18. The second kappa shape index (κ2) is 10.3. The highest BCUT2D eigenvalue weighted by molar-refractivity contribution is 5.97. The molecule has 1 rings (SSSR count). The first-order valence-electron chi connectivity index (χ1n) is 9.17. The van der Waals surface area contributed by atoms with Crippen molar-refractivity contribution in [3.63, 3.8) is 0 Å². The van der Waals surface area contributed by atoms with Crippen molar-refractivity contribution in [2.75, 3.05) is 11.9 Å². The topological polar surface area (TPSA) is 47.6 Å². The Morgan fingerprint density at radius 2 is 1.83 bits per heavy atom. The van der Waals surface area contributed by atoms with Gasteiger partial charge in [-0.25, -0.2) is 0 Å². The maximum atomic E-state index is 12.7. The van der Waals surface area contributed by atoms with Gasteiger partial charge in [0.05, 0.1) is 6.10 Å². The minimum absolute atomic E-state index is 0.0870. The first-order valence-corrected chi connectivity index (χ1v) is 9.17. The summed E-state index contributed by atoms with van der Waals surface area (Å²) in [4.78, 5) is 12.7. The molecule has 0 saturated heterocycles. The SMILES string of the molecule is CCCCC[C@@](C)(OCC)C(=O)Nc1ccc(O[C@H](C)CC)cc1. The van der Waals surface area contributed by atoms with Crippen molar-refractivity contribution in [2.24, 2.45) is 0 Å². The highest BCUT2D eigenvalue weighted by Crippen LogP contribution is 2.23. The van der Waals surface area contributed by atoms with Crippen LogP contribution in [0.25, 0.3) is 0 Å². The highest BCUT2D eigenvalue weighted by Gasteiger charge is 2.33. The van der Waals surface area contributed by atoms with E-state index < -0.39 is 5.60 Å². The van der Waals surface area contributed by atoms with Crippen LogP contribution in [0.4, 0.5) is 5.69 Å². The molecule has 2 atom stereocenters. The number of ether oxygens (including phenoxy) is 2. The van der Waals surface area contributed by atoms with Crippen LogP contribution in [0.15, 0.2) is 24.3 Å². The van der Waals surface area contributed by atoms with Gasteiger partial charge in [-0.2, -0.15) is 0 Å². The zero-order chi connectivity index (χ0) is 18.0. The molecule has 0 saturated carbocycles. The monoisotopic (exact) mass is 335 g/mol. The average Bonchev–Trinajstić information content (AvgIpc) is 2.57. The van der Waals surface area contributed by atoms with Gasteiger partial charge in [0.15, 0.2) is 0 Å². The fraction of sp³-hybridized carbons (Fsp3) is 0.650. The number of hydrogen-bond acceptors (Lipinski definition) is 3. The Balaban J connectivity index is 2.69. The van der Waals surface area contributed by atoms with Crippen LogP contribution in [0.1, 0.15) is 66.7 Å². The van der Waals surface area contributed by atoms with E-state index in [0.29, 0.717) is 6.61 Å². The number of carbonyl (C=O) groups is 1. The van der Waals surface area contributed by atoms with E-state index in [0.717, 1.165) is 43.5 Å². The van der Waals surface area contributed by atoms with Gasteiger partial charge in [0.25, 0.3) is 5.91 Å². The number of nitrogens with one attached hydrogen (secondary N) is 1. The van der Waals surface area contributed by atoms with E-state index in [2.05, 4.69) is 19.2 Å². The second-order valence-electron chi connectivity index (χ2n) is 6.44. The summed E-state index contributed by atoms with van der Waals surface area (Å²) < 4.78 is 11.5. The third-order valence-corrected chi connectivity index (χ3v) is 4.22. The standard InChI is InChI=1S/C20H33NO3/c1-6-9-10-15-20(5,23-8-3)19(22)21-17-11-13-18(14-12-17)24-16(4)7-2/h11-14,16H,6-10,15H2,1-5H3,(H,21,22)/t16-,20-/m1/s1. The number of hydrogen-bond donors (Lipinski definition) is 1. The van der Waals surface area contributed by atoms with Crippen LogP contribution in [0.5, 0.6) is 5.75 Å². The summed E-state index contributed by atoms with van der Waals surface area (Å²) in [6.07, 6.45) is 5.10. The lowest BCUT2D eigenvalue weighted by Gasteiger charge is -2.28. The van der Waals surface area contributed by atoms with E-state index in [-0.39, 0.29) is 12.0 Å². The van der Waals surface area contributed by atoms with Crippen molar-refractivity contribution in [3.05, 3.63) is 24.3 Å². The fourth-order valence-corrected chi connectivity index (χ4v) is 2.48. The lowest BCUT2D eigenvalue weighted by atomic mass is 9.96. The number of rotatable bonds is 11. The minimum Gasteiger partial charge on any atom is -0.491 e. The molecular formula is C20H33NO3. The molecule has 0 aromatic heterocycles. The van der Waals surface area contributed by atoms with Gasteiger partial charge in [-0.15, -0.1) is 0 Å². The zero-order valence-corrected chi connectivity index (χ0v) is 15.9. The molecule has 0 bridgehead atoms. The third-order valence-electron chi connectivity index (χ3n) is 4.22. The summed E-state index contributed by atoms with van der Waals surface area (Å²) in [5.41, 5.74) is -0.0200. The van der Waals surface area contributed by atoms with Crippen LogP contribution >= 0.6 is 0 Å². The molecule has 0 aliphatic rings. The molecule has 0 radical (unpaired) electrons. The van der Waals surface area contributed by atoms with E-state index in [1.165, 1.54) is 0 Å². The quantitative estimate of drug-likeness (QED) is 0.567. The van der Waals surface area contributed by atoms with Crippen molar-refractivity contribution in [1.29, 1.82) is 0 Å². The first-order chi connectivity index (χ1) is 11.4. The number of anilines is 1. The largest absolute Gasteiger partial charge is 0.491 e. The van der Waals surface area contributed by atoms with E-state index in [4.69, 9.17) is 9.47 Å². The lowest BCUT2D eigenvalue weighted by Crippen LogP contribution is -2.42. The Morgan fingerprint density at radius 3 is 2.38 bits per heavy atom. The minimum atomic E-state index is -0.782. The average molecular weight is 335 g/mol. The number of carbonyl (C=O) groups excluding carboxylic acids is 1. The van der Waals surface area contributed by atoms with E-state index >= 15 is 0 Å². The van der Waals surface area contributed by atoms with E-state index in [1.807, 2.05) is 45.0 Å². The van der Waals surface area contributed by atoms with Gasteiger partial charge in [-0.05, 0) is 57.9 Å². The van der Waals surface area contributed by atoms with Crippen LogP contribution in [0.2, 0.25) is 0 Å². The number of amides is 1. The molecule has 0 heterocycles. The van der Waals surface area contributed by atoms with Crippen LogP contribution in [0, 0.1) is 0 Å². The van der Waals surface area contributed by atoms with Gasteiger partial charge in [0, 0.05) is 12.3 Å². The Morgan fingerprint density at radius 1 is 1.17 bits per heavy atom. The Labute approximate surface area is 146 Å². The molecule has 24 heavy (non-hydrogen) atoms. The van der Waals surface area contributed by atoms with Crippen molar-refractivity contribution < 1.29 is 14.3 Å². The van der Waals surface area contributed by atoms with Gasteiger partial charge in [0.1, 0.15) is 11.4 Å². The Kier molecular flexibility index (Phi) is 8.83. The molecule has 136 valence electrons. The zero-order valence-electron chi connectivity index (χ0n) is 15.9. The van der Waals surface area contributed by atoms with Crippen LogP contribution < -0.4 is 10.1 Å². The summed E-state index contributed by atoms with van der Waals surface area (Å²) in [5.74, 6) is 0.730. The van der Waals surface area contributed by atoms with Crippen LogP contribution in [-0.4, -0.2) is 24.2 Å². The molecule has 1 N–H and O–H groups in total. The summed E-state index contributed by atoms with van der Waals surface area (Å²) in [5, 5.41) is 2.97. The normalized spacial score (nSPS) is 14.7. The molecule has 0 aliphatic carbocycles. The van der Waals surface area contributed by atoms with Crippen molar-refractivity contribution in [2.45, 2.75) is 78.4 Å². The maximum absolute atomic E-state index is 12.7. The van der Waals surface area contributed by atoms with Crippen LogP contribution in [0.3, 0.4) is 0 Å². The molecule has 1 amide bonds. The molecule has 4 nitrogen and oxygen atoms in total. The number of benzene rings is 1. The fourth-order valence-electron chi connectivity index (χ4n) is 2.48. The van der Waals surface area contributed by atoms with Gasteiger partial charge in [0.2, 0.25) is 0 Å². The summed E-state index contributed by atoms with van der Waals surface area (Å²) in [6.45, 7) is 10.6. The second-order valence-corrected chi connectivity index (χ2v) is 6.44. The summed E-state index contributed by atoms with van der Waals surface area (Å²) in [6, 6.07) is 7.51. The van der Waals surface area contributed by atoms with Gasteiger partial charge in [-0.3, -0.25) is 4.79 Å². The smallest absolute Gasteiger partial charge is 0.256 e. The van der Waals surface area contributed by atoms with Crippen LogP contribution in [-0.2, 0) is 9.53 Å². The summed E-state index contributed by atoms with van der Waals surface area (Å²) in [7, 11) is 0. The molecule has 0 unspecified atom stereocenters.